The highest BCUT2D eigenvalue weighted by Crippen LogP contribution is 2.20. The Morgan fingerprint density at radius 1 is 0.828 bits per heavy atom. The first-order chi connectivity index (χ1) is 14.1. The molecule has 0 aliphatic rings. The monoisotopic (exact) mass is 386 g/mol. The van der Waals surface area contributed by atoms with Crippen LogP contribution in [-0.4, -0.2) is 17.9 Å². The lowest BCUT2D eigenvalue weighted by atomic mass is 10.0. The predicted octanol–water partition coefficient (Wildman–Crippen LogP) is 5.06. The van der Waals surface area contributed by atoms with E-state index < -0.39 is 0 Å². The molecule has 4 heteroatoms. The third-order valence-corrected chi connectivity index (χ3v) is 4.86. The molecule has 0 saturated carbocycles. The van der Waals surface area contributed by atoms with Gasteiger partial charge >= 0.3 is 0 Å². The van der Waals surface area contributed by atoms with Crippen molar-refractivity contribution in [3.63, 3.8) is 0 Å². The van der Waals surface area contributed by atoms with Crippen molar-refractivity contribution in [1.82, 2.24) is 5.32 Å². The fourth-order valence-electron chi connectivity index (χ4n) is 3.02. The molecule has 148 valence electrons. The van der Waals surface area contributed by atoms with Gasteiger partial charge in [0.05, 0.1) is 17.7 Å². The van der Waals surface area contributed by atoms with E-state index in [9.17, 15) is 9.59 Å². The van der Waals surface area contributed by atoms with Crippen LogP contribution in [-0.2, 0) is 11.2 Å². The summed E-state index contributed by atoms with van der Waals surface area (Å²) in [5.41, 5.74) is 4.18. The van der Waals surface area contributed by atoms with Gasteiger partial charge in [-0.15, -0.1) is 0 Å². The van der Waals surface area contributed by atoms with Crippen LogP contribution in [0.15, 0.2) is 78.9 Å². The van der Waals surface area contributed by atoms with Gasteiger partial charge in [0, 0.05) is 6.04 Å². The largest absolute Gasteiger partial charge is 0.350 e. The Balaban J connectivity index is 1.66. The van der Waals surface area contributed by atoms with Crippen molar-refractivity contribution >= 4 is 17.5 Å². The van der Waals surface area contributed by atoms with Crippen molar-refractivity contribution in [2.24, 2.45) is 0 Å². The molecule has 0 saturated heterocycles. The lowest BCUT2D eigenvalue weighted by Crippen LogP contribution is -2.32. The van der Waals surface area contributed by atoms with E-state index in [2.05, 4.69) is 22.8 Å². The van der Waals surface area contributed by atoms with Crippen molar-refractivity contribution in [2.45, 2.75) is 32.7 Å². The number of hydrogen-bond acceptors (Lipinski definition) is 2. The summed E-state index contributed by atoms with van der Waals surface area (Å²) in [6.45, 7) is 3.97. The van der Waals surface area contributed by atoms with Gasteiger partial charge in [0.15, 0.2) is 0 Å². The van der Waals surface area contributed by atoms with E-state index >= 15 is 0 Å². The van der Waals surface area contributed by atoms with Crippen LogP contribution in [0, 0.1) is 0 Å². The molecule has 0 aliphatic carbocycles. The molecule has 0 radical (unpaired) electrons. The van der Waals surface area contributed by atoms with E-state index in [1.807, 2.05) is 62.4 Å². The first-order valence-electron chi connectivity index (χ1n) is 9.91. The molecule has 2 N–H and O–H groups in total. The van der Waals surface area contributed by atoms with Gasteiger partial charge in [-0.2, -0.15) is 0 Å². The van der Waals surface area contributed by atoms with Gasteiger partial charge in [0.25, 0.3) is 5.91 Å². The first kappa shape index (κ1) is 20.3. The van der Waals surface area contributed by atoms with Crippen molar-refractivity contribution in [1.29, 1.82) is 0 Å². The fourth-order valence-corrected chi connectivity index (χ4v) is 3.02. The Hall–Kier alpha value is -3.40. The Morgan fingerprint density at radius 3 is 2.14 bits per heavy atom. The van der Waals surface area contributed by atoms with E-state index in [4.69, 9.17) is 0 Å². The number of carbonyl (C=O) groups excluding carboxylic acids is 2. The maximum absolute atomic E-state index is 12.5. The van der Waals surface area contributed by atoms with Crippen LogP contribution >= 0.6 is 0 Å². The van der Waals surface area contributed by atoms with Gasteiger partial charge in [-0.25, -0.2) is 0 Å². The van der Waals surface area contributed by atoms with Crippen LogP contribution < -0.4 is 10.6 Å². The molecule has 2 amide bonds. The van der Waals surface area contributed by atoms with Crippen molar-refractivity contribution in [2.75, 3.05) is 5.32 Å². The number of amides is 2. The molecule has 0 aliphatic heterocycles. The van der Waals surface area contributed by atoms with Gasteiger partial charge in [-0.1, -0.05) is 73.7 Å². The number of carbonyl (C=O) groups is 2. The Bertz CT molecular complexity index is 966. The highest BCUT2D eigenvalue weighted by molar-refractivity contribution is 6.04. The second-order valence-corrected chi connectivity index (χ2v) is 7.12. The van der Waals surface area contributed by atoms with Crippen LogP contribution in [0.2, 0.25) is 0 Å². The topological polar surface area (TPSA) is 58.2 Å². The van der Waals surface area contributed by atoms with E-state index in [0.717, 1.165) is 23.1 Å². The minimum Gasteiger partial charge on any atom is -0.350 e. The lowest BCUT2D eigenvalue weighted by molar-refractivity contribution is -0.115. The maximum atomic E-state index is 12.5. The zero-order chi connectivity index (χ0) is 20.6. The molecule has 1 atom stereocenters. The number of benzene rings is 3. The van der Waals surface area contributed by atoms with Crippen LogP contribution in [0.4, 0.5) is 5.69 Å². The van der Waals surface area contributed by atoms with Gasteiger partial charge < -0.3 is 10.6 Å². The number of rotatable bonds is 7. The average Bonchev–Trinajstić information content (AvgIpc) is 2.75. The van der Waals surface area contributed by atoms with Gasteiger partial charge in [0.1, 0.15) is 0 Å². The molecule has 0 spiro atoms. The molecule has 0 aromatic heterocycles. The third-order valence-electron chi connectivity index (χ3n) is 4.86. The molecule has 3 rings (SSSR count). The molecule has 0 unspecified atom stereocenters. The lowest BCUT2D eigenvalue weighted by Gasteiger charge is -2.14. The van der Waals surface area contributed by atoms with E-state index in [1.54, 1.807) is 18.2 Å². The SMILES string of the molecule is CC[C@H](C)NC(=O)c1ccccc1NC(=O)Cc1ccc(-c2ccccc2)cc1. The summed E-state index contributed by atoms with van der Waals surface area (Å²) >= 11 is 0. The smallest absolute Gasteiger partial charge is 0.253 e. The number of para-hydroxylation sites is 1. The molecular formula is C25H26N2O2. The number of anilines is 1. The summed E-state index contributed by atoms with van der Waals surface area (Å²) in [6.07, 6.45) is 1.09. The van der Waals surface area contributed by atoms with E-state index in [0.29, 0.717) is 11.3 Å². The van der Waals surface area contributed by atoms with Gasteiger partial charge in [-0.05, 0) is 42.2 Å². The Kier molecular flexibility index (Phi) is 6.80. The highest BCUT2D eigenvalue weighted by atomic mass is 16.2. The zero-order valence-corrected chi connectivity index (χ0v) is 16.8. The van der Waals surface area contributed by atoms with Crippen molar-refractivity contribution in [3.05, 3.63) is 90.0 Å². The van der Waals surface area contributed by atoms with E-state index in [-0.39, 0.29) is 24.3 Å². The summed E-state index contributed by atoms with van der Waals surface area (Å²) < 4.78 is 0. The van der Waals surface area contributed by atoms with Gasteiger partial charge in [0.2, 0.25) is 5.91 Å². The number of nitrogens with one attached hydrogen (secondary N) is 2. The highest BCUT2D eigenvalue weighted by Gasteiger charge is 2.14. The molecule has 3 aromatic rings. The molecule has 0 bridgehead atoms. The first-order valence-corrected chi connectivity index (χ1v) is 9.91. The van der Waals surface area contributed by atoms with Crippen LogP contribution in [0.25, 0.3) is 11.1 Å². The summed E-state index contributed by atoms with van der Waals surface area (Å²) in [6, 6.07) is 25.2. The Morgan fingerprint density at radius 2 is 1.45 bits per heavy atom. The maximum Gasteiger partial charge on any atom is 0.253 e. The Labute approximate surface area is 172 Å². The minimum atomic E-state index is -0.178. The van der Waals surface area contributed by atoms with Crippen LogP contribution in [0.1, 0.15) is 36.2 Å². The summed E-state index contributed by atoms with van der Waals surface area (Å²) in [5, 5.41) is 5.82. The normalized spacial score (nSPS) is 11.5. The zero-order valence-electron chi connectivity index (χ0n) is 16.8. The third kappa shape index (κ3) is 5.55. The number of hydrogen-bond donors (Lipinski definition) is 2. The van der Waals surface area contributed by atoms with Crippen molar-refractivity contribution < 1.29 is 9.59 Å². The second kappa shape index (κ2) is 9.69. The van der Waals surface area contributed by atoms with Crippen LogP contribution in [0.3, 0.4) is 0 Å². The molecule has 0 heterocycles. The van der Waals surface area contributed by atoms with E-state index in [1.165, 1.54) is 0 Å². The molecule has 3 aromatic carbocycles. The summed E-state index contributed by atoms with van der Waals surface area (Å²) in [4.78, 5) is 25.0. The summed E-state index contributed by atoms with van der Waals surface area (Å²) in [5.74, 6) is -0.330. The average molecular weight is 386 g/mol. The standard InChI is InChI=1S/C25H26N2O2/c1-3-18(2)26-25(29)22-11-7-8-12-23(22)27-24(28)17-19-13-15-21(16-14-19)20-9-5-4-6-10-20/h4-16,18H,3,17H2,1-2H3,(H,26,29)(H,27,28)/t18-/m0/s1. The predicted molar refractivity (Wildman–Crippen MR) is 118 cm³/mol. The molecule has 0 fully saturated rings. The quantitative estimate of drug-likeness (QED) is 0.596. The van der Waals surface area contributed by atoms with Crippen molar-refractivity contribution in [3.8, 4) is 11.1 Å². The van der Waals surface area contributed by atoms with Crippen LogP contribution in [0.5, 0.6) is 0 Å². The fraction of sp³-hybridized carbons (Fsp3) is 0.200. The van der Waals surface area contributed by atoms with Gasteiger partial charge in [-0.3, -0.25) is 9.59 Å². The molecule has 29 heavy (non-hydrogen) atoms. The summed E-state index contributed by atoms with van der Waals surface area (Å²) in [7, 11) is 0. The molecular weight excluding hydrogens is 360 g/mol. The minimum absolute atomic E-state index is 0.0781. The molecule has 4 nitrogen and oxygen atoms in total. The second-order valence-electron chi connectivity index (χ2n) is 7.12.